The van der Waals surface area contributed by atoms with Crippen molar-refractivity contribution in [3.8, 4) is 0 Å². The Balaban J connectivity index is 1.72. The first-order valence-electron chi connectivity index (χ1n) is 8.72. The van der Waals surface area contributed by atoms with Crippen molar-refractivity contribution >= 4 is 0 Å². The van der Waals surface area contributed by atoms with Crippen molar-refractivity contribution in [1.82, 2.24) is 15.2 Å². The quantitative estimate of drug-likeness (QED) is 0.773. The molecule has 0 amide bonds. The fraction of sp³-hybridized carbons (Fsp3) is 0.667. The highest BCUT2D eigenvalue weighted by atomic mass is 16.5. The Morgan fingerprint density at radius 3 is 1.96 bits per heavy atom. The second kappa shape index (κ2) is 7.49. The van der Waals surface area contributed by atoms with E-state index in [0.717, 1.165) is 55.6 Å². The maximum atomic E-state index is 5.78. The second-order valence-corrected chi connectivity index (χ2v) is 6.74. The van der Waals surface area contributed by atoms with Gasteiger partial charge in [-0.1, -0.05) is 10.3 Å². The van der Waals surface area contributed by atoms with Crippen LogP contribution in [0.4, 0.5) is 0 Å². The van der Waals surface area contributed by atoms with Crippen molar-refractivity contribution in [2.24, 2.45) is 0 Å². The minimum absolute atomic E-state index is 0.391. The van der Waals surface area contributed by atoms with Crippen molar-refractivity contribution < 1.29 is 13.8 Å². The van der Waals surface area contributed by atoms with Gasteiger partial charge >= 0.3 is 0 Å². The molecule has 0 saturated carbocycles. The Labute approximate surface area is 143 Å². The van der Waals surface area contributed by atoms with Gasteiger partial charge in [0.05, 0.1) is 17.5 Å². The van der Waals surface area contributed by atoms with Gasteiger partial charge in [0.2, 0.25) is 0 Å². The predicted molar refractivity (Wildman–Crippen MR) is 89.7 cm³/mol. The van der Waals surface area contributed by atoms with Gasteiger partial charge in [-0.2, -0.15) is 0 Å². The monoisotopic (exact) mass is 333 g/mol. The molecule has 0 spiro atoms. The van der Waals surface area contributed by atoms with Gasteiger partial charge in [-0.05, 0) is 47.0 Å². The molecule has 0 aromatic carbocycles. The molecule has 0 aliphatic carbocycles. The Morgan fingerprint density at radius 2 is 1.54 bits per heavy atom. The highest BCUT2D eigenvalue weighted by molar-refractivity contribution is 5.23. The number of rotatable bonds is 7. The second-order valence-electron chi connectivity index (χ2n) is 6.74. The lowest BCUT2D eigenvalue weighted by Gasteiger charge is -2.23. The summed E-state index contributed by atoms with van der Waals surface area (Å²) >= 11 is 0. The summed E-state index contributed by atoms with van der Waals surface area (Å²) < 4.78 is 16.4. The van der Waals surface area contributed by atoms with Gasteiger partial charge in [-0.15, -0.1) is 0 Å². The molecule has 6 nitrogen and oxygen atoms in total. The van der Waals surface area contributed by atoms with Crippen molar-refractivity contribution in [3.63, 3.8) is 0 Å². The summed E-state index contributed by atoms with van der Waals surface area (Å²) in [6.45, 7) is 11.5. The third-order valence-electron chi connectivity index (χ3n) is 4.92. The number of aromatic nitrogens is 2. The predicted octanol–water partition coefficient (Wildman–Crippen LogP) is 3.47. The van der Waals surface area contributed by atoms with Crippen LogP contribution in [0.25, 0.3) is 0 Å². The molecule has 1 aliphatic heterocycles. The van der Waals surface area contributed by atoms with Crippen LogP contribution in [0.15, 0.2) is 9.05 Å². The summed E-state index contributed by atoms with van der Waals surface area (Å²) in [6, 6.07) is 0. The van der Waals surface area contributed by atoms with E-state index in [1.54, 1.807) is 0 Å². The van der Waals surface area contributed by atoms with Crippen LogP contribution in [0.1, 0.15) is 53.3 Å². The van der Waals surface area contributed by atoms with E-state index in [-0.39, 0.29) is 0 Å². The number of ether oxygens (including phenoxy) is 1. The molecule has 1 aliphatic rings. The first kappa shape index (κ1) is 17.2. The summed E-state index contributed by atoms with van der Waals surface area (Å²) in [4.78, 5) is 2.42. The van der Waals surface area contributed by atoms with Crippen molar-refractivity contribution in [1.29, 1.82) is 0 Å². The fourth-order valence-electron chi connectivity index (χ4n) is 3.32. The average molecular weight is 333 g/mol. The van der Waals surface area contributed by atoms with Crippen LogP contribution in [-0.2, 0) is 17.8 Å². The normalized spacial score (nSPS) is 18.0. The maximum Gasteiger partial charge on any atom is 0.138 e. The van der Waals surface area contributed by atoms with Crippen LogP contribution in [0.5, 0.6) is 0 Å². The fourth-order valence-corrected chi connectivity index (χ4v) is 3.32. The smallest absolute Gasteiger partial charge is 0.138 e. The first-order chi connectivity index (χ1) is 11.5. The zero-order valence-electron chi connectivity index (χ0n) is 15.1. The van der Waals surface area contributed by atoms with Gasteiger partial charge < -0.3 is 13.8 Å². The van der Waals surface area contributed by atoms with Crippen LogP contribution in [0.2, 0.25) is 0 Å². The van der Waals surface area contributed by atoms with Crippen LogP contribution in [0, 0.1) is 27.7 Å². The molecule has 132 valence electrons. The Kier molecular flexibility index (Phi) is 5.36. The van der Waals surface area contributed by atoms with Crippen LogP contribution >= 0.6 is 0 Å². The first-order valence-corrected chi connectivity index (χ1v) is 8.72. The van der Waals surface area contributed by atoms with Gasteiger partial charge in [-0.3, -0.25) is 4.90 Å². The van der Waals surface area contributed by atoms with E-state index >= 15 is 0 Å². The van der Waals surface area contributed by atoms with Gasteiger partial charge in [0, 0.05) is 37.4 Å². The molecule has 0 N–H and O–H groups in total. The summed E-state index contributed by atoms with van der Waals surface area (Å²) in [5.74, 6) is 1.79. The van der Waals surface area contributed by atoms with Crippen molar-refractivity contribution in [2.45, 2.75) is 66.2 Å². The molecule has 3 heterocycles. The molecule has 0 radical (unpaired) electrons. The van der Waals surface area contributed by atoms with E-state index < -0.39 is 0 Å². The molecule has 1 fully saturated rings. The van der Waals surface area contributed by atoms with Gasteiger partial charge in [0.15, 0.2) is 0 Å². The highest BCUT2D eigenvalue weighted by Gasteiger charge is 2.21. The van der Waals surface area contributed by atoms with E-state index in [2.05, 4.69) is 15.2 Å². The molecule has 1 saturated heterocycles. The molecule has 1 atom stereocenters. The molecule has 3 rings (SSSR count). The third-order valence-corrected chi connectivity index (χ3v) is 4.92. The van der Waals surface area contributed by atoms with E-state index in [9.17, 15) is 0 Å². The van der Waals surface area contributed by atoms with Crippen molar-refractivity contribution in [2.75, 3.05) is 13.2 Å². The lowest BCUT2D eigenvalue weighted by atomic mass is 10.1. The zero-order chi connectivity index (χ0) is 17.1. The average Bonchev–Trinajstić information content (AvgIpc) is 3.26. The number of aryl methyl sites for hydroxylation is 4. The van der Waals surface area contributed by atoms with Gasteiger partial charge in [0.1, 0.15) is 11.5 Å². The van der Waals surface area contributed by atoms with Gasteiger partial charge in [0.25, 0.3) is 0 Å². The van der Waals surface area contributed by atoms with E-state index in [1.807, 2.05) is 27.7 Å². The van der Waals surface area contributed by atoms with Crippen LogP contribution in [0.3, 0.4) is 0 Å². The molecule has 2 aromatic heterocycles. The summed E-state index contributed by atoms with van der Waals surface area (Å²) in [5, 5.41) is 8.16. The minimum Gasteiger partial charge on any atom is -0.378 e. The van der Waals surface area contributed by atoms with Crippen molar-refractivity contribution in [3.05, 3.63) is 34.0 Å². The number of hydrogen-bond donors (Lipinski definition) is 0. The van der Waals surface area contributed by atoms with E-state index in [0.29, 0.717) is 6.10 Å². The minimum atomic E-state index is 0.391. The molecule has 2 aromatic rings. The summed E-state index contributed by atoms with van der Waals surface area (Å²) in [6.07, 6.45) is 3.79. The third kappa shape index (κ3) is 3.87. The molecule has 0 unspecified atom stereocenters. The van der Waals surface area contributed by atoms with Crippen LogP contribution in [-0.4, -0.2) is 34.5 Å². The molecule has 6 heteroatoms. The number of nitrogens with zero attached hydrogens (tertiary/aromatic N) is 3. The van der Waals surface area contributed by atoms with E-state index in [1.165, 1.54) is 24.0 Å². The summed E-state index contributed by atoms with van der Waals surface area (Å²) in [5.41, 5.74) is 4.28. The molecule has 0 bridgehead atoms. The lowest BCUT2D eigenvalue weighted by Crippen LogP contribution is -2.27. The molecular formula is C18H27N3O3. The lowest BCUT2D eigenvalue weighted by molar-refractivity contribution is 0.0895. The topological polar surface area (TPSA) is 64.5 Å². The Morgan fingerprint density at radius 1 is 0.958 bits per heavy atom. The standard InChI is InChI=1S/C18H27N3O3/c1-12-17(14(3)23-19-12)10-21(8-7-16-6-5-9-22-16)11-18-13(2)20-24-15(18)4/h16H,5-11H2,1-4H3/t16-/m0/s1. The highest BCUT2D eigenvalue weighted by Crippen LogP contribution is 2.22. The Hall–Kier alpha value is -1.66. The van der Waals surface area contributed by atoms with Gasteiger partial charge in [-0.25, -0.2) is 0 Å². The zero-order valence-corrected chi connectivity index (χ0v) is 15.1. The number of hydrogen-bond acceptors (Lipinski definition) is 6. The molecule has 24 heavy (non-hydrogen) atoms. The SMILES string of the molecule is Cc1noc(C)c1CN(CC[C@@H]1CCCO1)Cc1c(C)noc1C. The largest absolute Gasteiger partial charge is 0.378 e. The molecular weight excluding hydrogens is 306 g/mol. The summed E-state index contributed by atoms with van der Waals surface area (Å²) in [7, 11) is 0. The van der Waals surface area contributed by atoms with E-state index in [4.69, 9.17) is 13.8 Å². The van der Waals surface area contributed by atoms with Crippen LogP contribution < -0.4 is 0 Å². The Bertz CT molecular complexity index is 584. The maximum absolute atomic E-state index is 5.78.